The first-order valence-electron chi connectivity index (χ1n) is 5.54. The van der Waals surface area contributed by atoms with Gasteiger partial charge < -0.3 is 5.73 Å². The standard InChI is InChI=1S/C13H14BrN3/c1-2-12(15)13-16-7-10(8-17-13)9-4-3-5-11(14)6-9/h3-8,12H,2,15H2,1H3. The first-order chi connectivity index (χ1) is 8.20. The second kappa shape index (κ2) is 5.38. The minimum Gasteiger partial charge on any atom is -0.321 e. The van der Waals surface area contributed by atoms with Crippen molar-refractivity contribution in [3.05, 3.63) is 47.0 Å². The van der Waals surface area contributed by atoms with Crippen molar-refractivity contribution in [1.82, 2.24) is 9.97 Å². The fourth-order valence-electron chi connectivity index (χ4n) is 1.53. The minimum atomic E-state index is -0.0773. The summed E-state index contributed by atoms with van der Waals surface area (Å²) >= 11 is 3.45. The van der Waals surface area contributed by atoms with Crippen molar-refractivity contribution >= 4 is 15.9 Å². The third kappa shape index (κ3) is 2.90. The van der Waals surface area contributed by atoms with Crippen LogP contribution >= 0.6 is 15.9 Å². The zero-order valence-corrected chi connectivity index (χ0v) is 11.2. The van der Waals surface area contributed by atoms with Gasteiger partial charge in [0.1, 0.15) is 5.82 Å². The molecule has 4 heteroatoms. The van der Waals surface area contributed by atoms with Crippen molar-refractivity contribution in [2.45, 2.75) is 19.4 Å². The third-order valence-corrected chi connectivity index (χ3v) is 3.09. The van der Waals surface area contributed by atoms with Gasteiger partial charge in [-0.1, -0.05) is 35.0 Å². The van der Waals surface area contributed by atoms with Crippen molar-refractivity contribution in [2.24, 2.45) is 5.73 Å². The van der Waals surface area contributed by atoms with E-state index in [1.807, 2.05) is 43.6 Å². The lowest BCUT2D eigenvalue weighted by atomic mass is 10.1. The predicted molar refractivity (Wildman–Crippen MR) is 72.4 cm³/mol. The van der Waals surface area contributed by atoms with E-state index in [4.69, 9.17) is 5.73 Å². The molecule has 0 aliphatic heterocycles. The molecule has 2 rings (SSSR count). The van der Waals surface area contributed by atoms with Gasteiger partial charge in [0.25, 0.3) is 0 Å². The van der Waals surface area contributed by atoms with E-state index in [-0.39, 0.29) is 6.04 Å². The fourth-order valence-corrected chi connectivity index (χ4v) is 1.93. The molecule has 1 unspecified atom stereocenters. The maximum atomic E-state index is 5.87. The Hall–Kier alpha value is -1.26. The Kier molecular flexibility index (Phi) is 3.86. The summed E-state index contributed by atoms with van der Waals surface area (Å²) in [7, 11) is 0. The normalized spacial score (nSPS) is 12.4. The molecule has 0 spiro atoms. The van der Waals surface area contributed by atoms with Gasteiger partial charge in [0, 0.05) is 22.4 Å². The highest BCUT2D eigenvalue weighted by Crippen LogP contribution is 2.22. The molecule has 1 aromatic carbocycles. The Morgan fingerprint density at radius 2 is 1.94 bits per heavy atom. The van der Waals surface area contributed by atoms with Gasteiger partial charge in [0.15, 0.2) is 0 Å². The van der Waals surface area contributed by atoms with E-state index in [1.54, 1.807) is 0 Å². The number of aromatic nitrogens is 2. The van der Waals surface area contributed by atoms with Gasteiger partial charge in [-0.15, -0.1) is 0 Å². The maximum Gasteiger partial charge on any atom is 0.144 e. The van der Waals surface area contributed by atoms with Crippen LogP contribution < -0.4 is 5.73 Å². The zero-order valence-electron chi connectivity index (χ0n) is 9.60. The minimum absolute atomic E-state index is 0.0773. The number of hydrogen-bond acceptors (Lipinski definition) is 3. The average molecular weight is 292 g/mol. The maximum absolute atomic E-state index is 5.87. The molecule has 0 amide bonds. The van der Waals surface area contributed by atoms with Gasteiger partial charge in [-0.2, -0.15) is 0 Å². The lowest BCUT2D eigenvalue weighted by molar-refractivity contribution is 0.649. The SMILES string of the molecule is CCC(N)c1ncc(-c2cccc(Br)c2)cn1. The Morgan fingerprint density at radius 1 is 1.24 bits per heavy atom. The molecule has 1 aromatic heterocycles. The zero-order chi connectivity index (χ0) is 12.3. The second-order valence-corrected chi connectivity index (χ2v) is 4.77. The van der Waals surface area contributed by atoms with E-state index in [2.05, 4.69) is 25.9 Å². The summed E-state index contributed by atoms with van der Waals surface area (Å²) in [5.41, 5.74) is 7.97. The highest BCUT2D eigenvalue weighted by Gasteiger charge is 2.06. The highest BCUT2D eigenvalue weighted by molar-refractivity contribution is 9.10. The largest absolute Gasteiger partial charge is 0.321 e. The summed E-state index contributed by atoms with van der Waals surface area (Å²) in [6.07, 6.45) is 4.48. The molecule has 0 aliphatic carbocycles. The van der Waals surface area contributed by atoms with Crippen LogP contribution in [-0.4, -0.2) is 9.97 Å². The van der Waals surface area contributed by atoms with Crippen LogP contribution in [0, 0.1) is 0 Å². The third-order valence-electron chi connectivity index (χ3n) is 2.60. The molecule has 1 atom stereocenters. The van der Waals surface area contributed by atoms with Crippen LogP contribution in [0.2, 0.25) is 0 Å². The predicted octanol–water partition coefficient (Wildman–Crippen LogP) is 3.32. The van der Waals surface area contributed by atoms with E-state index in [9.17, 15) is 0 Å². The van der Waals surface area contributed by atoms with Gasteiger partial charge in [-0.25, -0.2) is 9.97 Å². The van der Waals surface area contributed by atoms with Crippen LogP contribution in [0.15, 0.2) is 41.1 Å². The van der Waals surface area contributed by atoms with Gasteiger partial charge >= 0.3 is 0 Å². The smallest absolute Gasteiger partial charge is 0.144 e. The molecule has 3 nitrogen and oxygen atoms in total. The van der Waals surface area contributed by atoms with Gasteiger partial charge in [0.2, 0.25) is 0 Å². The van der Waals surface area contributed by atoms with Crippen molar-refractivity contribution < 1.29 is 0 Å². The van der Waals surface area contributed by atoms with Crippen LogP contribution in [0.25, 0.3) is 11.1 Å². The molecule has 0 saturated carbocycles. The molecule has 17 heavy (non-hydrogen) atoms. The van der Waals surface area contributed by atoms with E-state index in [1.165, 1.54) is 0 Å². The van der Waals surface area contributed by atoms with E-state index < -0.39 is 0 Å². The van der Waals surface area contributed by atoms with Gasteiger partial charge in [0.05, 0.1) is 6.04 Å². The Labute approximate surface area is 109 Å². The summed E-state index contributed by atoms with van der Waals surface area (Å²) < 4.78 is 1.05. The Balaban J connectivity index is 2.29. The van der Waals surface area contributed by atoms with Gasteiger partial charge in [-0.05, 0) is 24.1 Å². The summed E-state index contributed by atoms with van der Waals surface area (Å²) in [6.45, 7) is 2.02. The molecule has 1 heterocycles. The molecule has 2 aromatic rings. The number of halogens is 1. The first-order valence-corrected chi connectivity index (χ1v) is 6.33. The lowest BCUT2D eigenvalue weighted by Crippen LogP contribution is -2.12. The van der Waals surface area contributed by atoms with Crippen LogP contribution in [0.1, 0.15) is 25.2 Å². The molecule has 0 aliphatic rings. The summed E-state index contributed by atoms with van der Waals surface area (Å²) in [4.78, 5) is 8.61. The highest BCUT2D eigenvalue weighted by atomic mass is 79.9. The van der Waals surface area contributed by atoms with Crippen molar-refractivity contribution in [1.29, 1.82) is 0 Å². The average Bonchev–Trinajstić information content (AvgIpc) is 2.38. The van der Waals surface area contributed by atoms with E-state index >= 15 is 0 Å². The molecular formula is C13H14BrN3. The van der Waals surface area contributed by atoms with Crippen molar-refractivity contribution in [2.75, 3.05) is 0 Å². The first kappa shape index (κ1) is 12.2. The van der Waals surface area contributed by atoms with Crippen LogP contribution in [0.3, 0.4) is 0 Å². The number of nitrogens with two attached hydrogens (primary N) is 1. The lowest BCUT2D eigenvalue weighted by Gasteiger charge is -2.07. The molecule has 2 N–H and O–H groups in total. The molecule has 0 bridgehead atoms. The van der Waals surface area contributed by atoms with Crippen LogP contribution in [-0.2, 0) is 0 Å². The Morgan fingerprint density at radius 3 is 2.53 bits per heavy atom. The molecule has 0 fully saturated rings. The van der Waals surface area contributed by atoms with Crippen molar-refractivity contribution in [3.8, 4) is 11.1 Å². The fraction of sp³-hybridized carbons (Fsp3) is 0.231. The quantitative estimate of drug-likeness (QED) is 0.944. The summed E-state index contributed by atoms with van der Waals surface area (Å²) in [5, 5.41) is 0. The summed E-state index contributed by atoms with van der Waals surface area (Å²) in [6, 6.07) is 7.98. The molecule has 0 radical (unpaired) electrons. The number of nitrogens with zero attached hydrogens (tertiary/aromatic N) is 2. The number of rotatable bonds is 3. The van der Waals surface area contributed by atoms with Crippen LogP contribution in [0.5, 0.6) is 0 Å². The second-order valence-electron chi connectivity index (χ2n) is 3.86. The monoisotopic (exact) mass is 291 g/mol. The molecular weight excluding hydrogens is 278 g/mol. The van der Waals surface area contributed by atoms with Crippen molar-refractivity contribution in [3.63, 3.8) is 0 Å². The Bertz CT molecular complexity index is 496. The summed E-state index contributed by atoms with van der Waals surface area (Å²) in [5.74, 6) is 0.700. The topological polar surface area (TPSA) is 51.8 Å². The molecule has 0 saturated heterocycles. The number of benzene rings is 1. The molecule has 88 valence electrons. The number of hydrogen-bond donors (Lipinski definition) is 1. The van der Waals surface area contributed by atoms with Crippen LogP contribution in [0.4, 0.5) is 0 Å². The van der Waals surface area contributed by atoms with E-state index in [0.717, 1.165) is 22.0 Å². The van der Waals surface area contributed by atoms with E-state index in [0.29, 0.717) is 5.82 Å². The van der Waals surface area contributed by atoms with Gasteiger partial charge in [-0.3, -0.25) is 0 Å².